The molecule has 0 aliphatic rings. The van der Waals surface area contributed by atoms with Gasteiger partial charge in [-0.2, -0.15) is 0 Å². The molecule has 0 fully saturated rings. The van der Waals surface area contributed by atoms with Crippen molar-refractivity contribution in [1.29, 1.82) is 0 Å². The third kappa shape index (κ3) is 2.89. The Hall–Kier alpha value is -1.55. The van der Waals surface area contributed by atoms with Crippen molar-refractivity contribution in [2.75, 3.05) is 11.9 Å². The number of hydrogen-bond donors (Lipinski definition) is 3. The minimum atomic E-state index is -0.535. The summed E-state index contributed by atoms with van der Waals surface area (Å²) in [6, 6.07) is 3.61. The van der Waals surface area contributed by atoms with Gasteiger partial charge in [0.2, 0.25) is 5.91 Å². The van der Waals surface area contributed by atoms with Crippen LogP contribution < -0.4 is 11.1 Å². The Bertz CT molecular complexity index is 457. The Balaban J connectivity index is 3.03. The van der Waals surface area contributed by atoms with Gasteiger partial charge in [0.05, 0.1) is 5.41 Å². The van der Waals surface area contributed by atoms with Crippen LogP contribution in [-0.2, 0) is 4.79 Å². The Kier molecular flexibility index (Phi) is 4.95. The van der Waals surface area contributed by atoms with E-state index in [0.29, 0.717) is 30.6 Å². The van der Waals surface area contributed by atoms with E-state index in [-0.39, 0.29) is 11.7 Å². The van der Waals surface area contributed by atoms with Crippen LogP contribution in [0, 0.1) is 19.3 Å². The highest BCUT2D eigenvalue weighted by Crippen LogP contribution is 2.31. The van der Waals surface area contributed by atoms with Gasteiger partial charge in [0.1, 0.15) is 5.75 Å². The molecule has 0 saturated carbocycles. The smallest absolute Gasteiger partial charge is 0.231 e. The van der Waals surface area contributed by atoms with Gasteiger partial charge >= 0.3 is 0 Å². The van der Waals surface area contributed by atoms with Crippen molar-refractivity contribution >= 4 is 11.6 Å². The molecule has 4 N–H and O–H groups in total. The molecule has 1 aromatic carbocycles. The number of hydrogen-bond acceptors (Lipinski definition) is 3. The first-order chi connectivity index (χ1) is 8.91. The van der Waals surface area contributed by atoms with Crippen LogP contribution in [0.1, 0.15) is 37.8 Å². The average Bonchev–Trinajstić information content (AvgIpc) is 2.42. The van der Waals surface area contributed by atoms with Gasteiger partial charge in [0.25, 0.3) is 0 Å². The fourth-order valence-electron chi connectivity index (χ4n) is 2.18. The Morgan fingerprint density at radius 1 is 1.32 bits per heavy atom. The maximum atomic E-state index is 12.4. The second-order valence-electron chi connectivity index (χ2n) is 5.05. The zero-order chi connectivity index (χ0) is 14.6. The summed E-state index contributed by atoms with van der Waals surface area (Å²) < 4.78 is 0. The lowest BCUT2D eigenvalue weighted by Gasteiger charge is -2.29. The van der Waals surface area contributed by atoms with Crippen LogP contribution in [0.5, 0.6) is 5.75 Å². The Morgan fingerprint density at radius 2 is 1.89 bits per heavy atom. The molecule has 4 heteroatoms. The molecule has 0 spiro atoms. The van der Waals surface area contributed by atoms with Gasteiger partial charge in [-0.05, 0) is 38.3 Å². The van der Waals surface area contributed by atoms with E-state index in [1.807, 2.05) is 26.8 Å². The summed E-state index contributed by atoms with van der Waals surface area (Å²) in [5.74, 6) is 0.149. The van der Waals surface area contributed by atoms with Crippen molar-refractivity contribution in [2.24, 2.45) is 11.1 Å². The third-order valence-electron chi connectivity index (χ3n) is 4.11. The van der Waals surface area contributed by atoms with E-state index in [0.717, 1.165) is 5.56 Å². The number of benzene rings is 1. The molecular weight excluding hydrogens is 240 g/mol. The third-order valence-corrected chi connectivity index (χ3v) is 4.11. The molecule has 0 radical (unpaired) electrons. The second-order valence-corrected chi connectivity index (χ2v) is 5.05. The second kappa shape index (κ2) is 6.06. The molecule has 1 amide bonds. The zero-order valence-corrected chi connectivity index (χ0v) is 12.2. The van der Waals surface area contributed by atoms with Gasteiger partial charge in [-0.25, -0.2) is 0 Å². The number of amides is 1. The molecule has 0 atom stereocenters. The van der Waals surface area contributed by atoms with Gasteiger partial charge in [0.15, 0.2) is 0 Å². The first-order valence-electron chi connectivity index (χ1n) is 6.72. The van der Waals surface area contributed by atoms with Crippen LogP contribution in [0.4, 0.5) is 5.69 Å². The van der Waals surface area contributed by atoms with Crippen LogP contribution in [0.3, 0.4) is 0 Å². The summed E-state index contributed by atoms with van der Waals surface area (Å²) in [6.07, 6.45) is 1.39. The highest BCUT2D eigenvalue weighted by molar-refractivity contribution is 5.96. The van der Waals surface area contributed by atoms with E-state index in [2.05, 4.69) is 5.32 Å². The van der Waals surface area contributed by atoms with Crippen molar-refractivity contribution in [2.45, 2.75) is 40.5 Å². The molecule has 4 nitrogen and oxygen atoms in total. The monoisotopic (exact) mass is 264 g/mol. The zero-order valence-electron chi connectivity index (χ0n) is 12.2. The van der Waals surface area contributed by atoms with Crippen molar-refractivity contribution in [3.8, 4) is 5.75 Å². The fraction of sp³-hybridized carbons (Fsp3) is 0.533. The molecule has 0 unspecified atom stereocenters. The molecule has 106 valence electrons. The molecule has 1 rings (SSSR count). The highest BCUT2D eigenvalue weighted by atomic mass is 16.3. The van der Waals surface area contributed by atoms with Crippen LogP contribution in [0.15, 0.2) is 12.1 Å². The van der Waals surface area contributed by atoms with E-state index >= 15 is 0 Å². The standard InChI is InChI=1S/C15H24N2O2/c1-5-15(6-2,9-16)14(19)17-12-8-7-10(3)13(18)11(12)4/h7-8,18H,5-6,9,16H2,1-4H3,(H,17,19). The van der Waals surface area contributed by atoms with Crippen LogP contribution in [-0.4, -0.2) is 17.6 Å². The summed E-state index contributed by atoms with van der Waals surface area (Å²) in [5, 5.41) is 12.8. The van der Waals surface area contributed by atoms with E-state index in [1.54, 1.807) is 13.0 Å². The summed E-state index contributed by atoms with van der Waals surface area (Å²) >= 11 is 0. The lowest BCUT2D eigenvalue weighted by atomic mass is 9.81. The summed E-state index contributed by atoms with van der Waals surface area (Å²) in [6.45, 7) is 7.88. The van der Waals surface area contributed by atoms with Gasteiger partial charge in [-0.3, -0.25) is 4.79 Å². The molecule has 0 aromatic heterocycles. The van der Waals surface area contributed by atoms with Crippen molar-refractivity contribution in [1.82, 2.24) is 0 Å². The normalized spacial score (nSPS) is 11.4. The van der Waals surface area contributed by atoms with Crippen molar-refractivity contribution in [3.63, 3.8) is 0 Å². The van der Waals surface area contributed by atoms with Crippen LogP contribution >= 0.6 is 0 Å². The van der Waals surface area contributed by atoms with E-state index in [1.165, 1.54) is 0 Å². The number of phenols is 1. The number of anilines is 1. The molecule has 0 aliphatic carbocycles. The maximum absolute atomic E-state index is 12.4. The van der Waals surface area contributed by atoms with E-state index in [9.17, 15) is 9.90 Å². The Morgan fingerprint density at radius 3 is 2.37 bits per heavy atom. The summed E-state index contributed by atoms with van der Waals surface area (Å²) in [7, 11) is 0. The van der Waals surface area contributed by atoms with Gasteiger partial charge in [-0.1, -0.05) is 19.9 Å². The molecule has 0 heterocycles. The quantitative estimate of drug-likeness (QED) is 0.765. The number of nitrogens with two attached hydrogens (primary N) is 1. The molecule has 0 bridgehead atoms. The minimum Gasteiger partial charge on any atom is -0.507 e. The number of carbonyl (C=O) groups excluding carboxylic acids is 1. The lowest BCUT2D eigenvalue weighted by Crippen LogP contribution is -2.41. The SMILES string of the molecule is CCC(CC)(CN)C(=O)Nc1ccc(C)c(O)c1C. The molecule has 0 aliphatic heterocycles. The van der Waals surface area contributed by atoms with Gasteiger partial charge in [-0.15, -0.1) is 0 Å². The summed E-state index contributed by atoms with van der Waals surface area (Å²) in [5.41, 5.74) is 7.36. The summed E-state index contributed by atoms with van der Waals surface area (Å²) in [4.78, 5) is 12.4. The molecule has 19 heavy (non-hydrogen) atoms. The predicted molar refractivity (Wildman–Crippen MR) is 78.3 cm³/mol. The Labute approximate surface area is 115 Å². The minimum absolute atomic E-state index is 0.0775. The first kappa shape index (κ1) is 15.5. The number of aryl methyl sites for hydroxylation is 1. The number of aromatic hydroxyl groups is 1. The average molecular weight is 264 g/mol. The lowest BCUT2D eigenvalue weighted by molar-refractivity contribution is -0.125. The molecular formula is C15H24N2O2. The molecule has 1 aromatic rings. The fourth-order valence-corrected chi connectivity index (χ4v) is 2.18. The first-order valence-corrected chi connectivity index (χ1v) is 6.72. The predicted octanol–water partition coefficient (Wildman–Crippen LogP) is 2.71. The van der Waals surface area contributed by atoms with E-state index < -0.39 is 5.41 Å². The van der Waals surface area contributed by atoms with E-state index in [4.69, 9.17) is 5.73 Å². The highest BCUT2D eigenvalue weighted by Gasteiger charge is 2.33. The van der Waals surface area contributed by atoms with Gasteiger partial charge < -0.3 is 16.2 Å². The van der Waals surface area contributed by atoms with Crippen molar-refractivity contribution < 1.29 is 9.90 Å². The van der Waals surface area contributed by atoms with Crippen LogP contribution in [0.25, 0.3) is 0 Å². The number of rotatable bonds is 5. The topological polar surface area (TPSA) is 75.4 Å². The number of carbonyl (C=O) groups is 1. The largest absolute Gasteiger partial charge is 0.507 e. The maximum Gasteiger partial charge on any atom is 0.231 e. The number of phenolic OH excluding ortho intramolecular Hbond substituents is 1. The van der Waals surface area contributed by atoms with Crippen LogP contribution in [0.2, 0.25) is 0 Å². The van der Waals surface area contributed by atoms with Crippen molar-refractivity contribution in [3.05, 3.63) is 23.3 Å². The molecule has 0 saturated heterocycles. The number of nitrogens with one attached hydrogen (secondary N) is 1. The van der Waals surface area contributed by atoms with Gasteiger partial charge in [0, 0.05) is 17.8 Å².